The number of carbonyl (C=O) groups is 1. The molecule has 1 aliphatic rings. The first-order valence-corrected chi connectivity index (χ1v) is 4.25. The molecule has 0 atom stereocenters. The predicted molar refractivity (Wildman–Crippen MR) is 40.6 cm³/mol. The lowest BCUT2D eigenvalue weighted by molar-refractivity contribution is -0.163. The van der Waals surface area contributed by atoms with E-state index in [1.165, 1.54) is 10.6 Å². The average Bonchev–Trinajstić information content (AvgIpc) is 2.79. The maximum atomic E-state index is 12.3. The van der Waals surface area contributed by atoms with Crippen LogP contribution in [0.15, 0.2) is 0 Å². The smallest absolute Gasteiger partial charge is 0.329 e. The molecule has 0 radical (unpaired) electrons. The Morgan fingerprint density at radius 1 is 1.12 bits per heavy atom. The van der Waals surface area contributed by atoms with Gasteiger partial charge in [0, 0.05) is 0 Å². The Balaban J connectivity index is 2.42. The maximum absolute atomic E-state index is 12.3. The van der Waals surface area contributed by atoms with Crippen molar-refractivity contribution < 1.29 is 31.1 Å². The molecule has 0 unspecified atom stereocenters. The van der Waals surface area contributed by atoms with Gasteiger partial charge in [-0.3, -0.25) is 0 Å². The van der Waals surface area contributed by atoms with Gasteiger partial charge in [0.25, 0.3) is 0 Å². The van der Waals surface area contributed by atoms with Crippen molar-refractivity contribution in [2.75, 3.05) is 6.54 Å². The van der Waals surface area contributed by atoms with E-state index in [-0.39, 0.29) is 12.8 Å². The van der Waals surface area contributed by atoms with Crippen molar-refractivity contribution in [1.82, 2.24) is 10.6 Å². The van der Waals surface area contributed by atoms with Crippen LogP contribution in [-0.2, 0) is 0 Å². The summed E-state index contributed by atoms with van der Waals surface area (Å²) in [5, 5.41) is 2.82. The van der Waals surface area contributed by atoms with E-state index in [4.69, 9.17) is 0 Å². The van der Waals surface area contributed by atoms with E-state index in [1.54, 1.807) is 0 Å². The first-order valence-electron chi connectivity index (χ1n) is 4.25. The van der Waals surface area contributed by atoms with Crippen molar-refractivity contribution in [3.05, 3.63) is 0 Å². The molecule has 0 aromatic carbocycles. The Labute approximate surface area is 86.2 Å². The number of halogens is 6. The summed E-state index contributed by atoms with van der Waals surface area (Å²) in [7, 11) is 0. The summed E-state index contributed by atoms with van der Waals surface area (Å²) in [5.74, 6) is 0. The second kappa shape index (κ2) is 3.70. The average molecular weight is 250 g/mol. The number of alkyl halides is 6. The highest BCUT2D eigenvalue weighted by Gasteiger charge is 2.64. The molecule has 0 aromatic rings. The Morgan fingerprint density at radius 2 is 1.62 bits per heavy atom. The molecule has 0 spiro atoms. The number of hydrogen-bond donors (Lipinski definition) is 2. The third-order valence-corrected chi connectivity index (χ3v) is 2.09. The standard InChI is InChI=1S/C7H8F6N2O/c8-6(9,10)3-14-4(16)15-5(1-2-5)7(11,12)13/h1-3H2,(H2,14,15,16). The fraction of sp³-hybridized carbons (Fsp3) is 0.857. The van der Waals surface area contributed by atoms with Crippen molar-refractivity contribution >= 4 is 6.03 Å². The number of rotatable bonds is 2. The molecule has 1 rings (SSSR count). The summed E-state index contributed by atoms with van der Waals surface area (Å²) in [4.78, 5) is 10.8. The van der Waals surface area contributed by atoms with E-state index >= 15 is 0 Å². The van der Waals surface area contributed by atoms with Crippen LogP contribution in [0.25, 0.3) is 0 Å². The van der Waals surface area contributed by atoms with Crippen LogP contribution < -0.4 is 10.6 Å². The lowest BCUT2D eigenvalue weighted by Gasteiger charge is -2.21. The van der Waals surface area contributed by atoms with Gasteiger partial charge in [0.15, 0.2) is 0 Å². The molecule has 0 heterocycles. The van der Waals surface area contributed by atoms with E-state index in [1.807, 2.05) is 0 Å². The van der Waals surface area contributed by atoms with Crippen LogP contribution in [0.3, 0.4) is 0 Å². The Hall–Kier alpha value is -1.15. The van der Waals surface area contributed by atoms with Gasteiger partial charge in [0.1, 0.15) is 12.1 Å². The highest BCUT2D eigenvalue weighted by atomic mass is 19.4. The maximum Gasteiger partial charge on any atom is 0.411 e. The van der Waals surface area contributed by atoms with Crippen LogP contribution in [0.2, 0.25) is 0 Å². The summed E-state index contributed by atoms with van der Waals surface area (Å²) in [5.41, 5.74) is -2.34. The van der Waals surface area contributed by atoms with Crippen molar-refractivity contribution in [2.45, 2.75) is 30.7 Å². The molecular weight excluding hydrogens is 242 g/mol. The van der Waals surface area contributed by atoms with Gasteiger partial charge in [-0.15, -0.1) is 0 Å². The van der Waals surface area contributed by atoms with Gasteiger partial charge in [0.05, 0.1) is 0 Å². The lowest BCUT2D eigenvalue weighted by Crippen LogP contribution is -2.52. The Morgan fingerprint density at radius 3 is 1.94 bits per heavy atom. The fourth-order valence-corrected chi connectivity index (χ4v) is 1.05. The largest absolute Gasteiger partial charge is 0.411 e. The van der Waals surface area contributed by atoms with E-state index in [0.29, 0.717) is 0 Å². The number of nitrogens with one attached hydrogen (secondary N) is 2. The van der Waals surface area contributed by atoms with Crippen molar-refractivity contribution in [2.24, 2.45) is 0 Å². The predicted octanol–water partition coefficient (Wildman–Crippen LogP) is 1.94. The van der Waals surface area contributed by atoms with E-state index in [9.17, 15) is 31.1 Å². The normalized spacial score (nSPS) is 19.1. The van der Waals surface area contributed by atoms with Crippen molar-refractivity contribution in [3.8, 4) is 0 Å². The van der Waals surface area contributed by atoms with Crippen LogP contribution >= 0.6 is 0 Å². The molecular formula is C7H8F6N2O. The fourth-order valence-electron chi connectivity index (χ4n) is 1.05. The van der Waals surface area contributed by atoms with Crippen LogP contribution in [-0.4, -0.2) is 30.5 Å². The van der Waals surface area contributed by atoms with E-state index < -0.39 is 30.5 Å². The molecule has 0 bridgehead atoms. The minimum atomic E-state index is -4.65. The zero-order valence-corrected chi connectivity index (χ0v) is 7.80. The molecule has 3 nitrogen and oxygen atoms in total. The molecule has 1 fully saturated rings. The van der Waals surface area contributed by atoms with E-state index in [2.05, 4.69) is 0 Å². The summed E-state index contributed by atoms with van der Waals surface area (Å²) in [6.07, 6.45) is -9.90. The quantitative estimate of drug-likeness (QED) is 0.722. The second-order valence-corrected chi connectivity index (χ2v) is 3.50. The third kappa shape index (κ3) is 3.17. The number of hydrogen-bond acceptors (Lipinski definition) is 1. The Bertz CT molecular complexity index is 280. The molecule has 94 valence electrons. The van der Waals surface area contributed by atoms with Gasteiger partial charge in [-0.1, -0.05) is 0 Å². The monoisotopic (exact) mass is 250 g/mol. The van der Waals surface area contributed by atoms with Gasteiger partial charge in [0.2, 0.25) is 0 Å². The minimum Gasteiger partial charge on any atom is -0.329 e. The van der Waals surface area contributed by atoms with Crippen molar-refractivity contribution in [1.29, 1.82) is 0 Å². The topological polar surface area (TPSA) is 41.1 Å². The molecule has 9 heteroatoms. The summed E-state index contributed by atoms with van der Waals surface area (Å²) < 4.78 is 71.7. The molecule has 1 saturated carbocycles. The highest BCUT2D eigenvalue weighted by Crippen LogP contribution is 2.48. The van der Waals surface area contributed by atoms with Crippen LogP contribution in [0.5, 0.6) is 0 Å². The van der Waals surface area contributed by atoms with Crippen LogP contribution in [0, 0.1) is 0 Å². The first kappa shape index (κ1) is 12.9. The zero-order chi connectivity index (χ0) is 12.6. The second-order valence-electron chi connectivity index (χ2n) is 3.50. The molecule has 0 aliphatic heterocycles. The third-order valence-electron chi connectivity index (χ3n) is 2.09. The van der Waals surface area contributed by atoms with Crippen LogP contribution in [0.4, 0.5) is 31.1 Å². The molecule has 2 amide bonds. The first-order chi connectivity index (χ1) is 7.06. The van der Waals surface area contributed by atoms with Crippen LogP contribution in [0.1, 0.15) is 12.8 Å². The molecule has 2 N–H and O–H groups in total. The summed E-state index contributed by atoms with van der Waals surface area (Å²) in [6, 6.07) is -1.47. The minimum absolute atomic E-state index is 0.310. The SMILES string of the molecule is O=C(NCC(F)(F)F)NC1(C(F)(F)F)CC1. The Kier molecular flexibility index (Phi) is 2.99. The van der Waals surface area contributed by atoms with Gasteiger partial charge in [-0.05, 0) is 12.8 Å². The zero-order valence-electron chi connectivity index (χ0n) is 7.80. The van der Waals surface area contributed by atoms with Gasteiger partial charge in [-0.2, -0.15) is 26.3 Å². The van der Waals surface area contributed by atoms with E-state index in [0.717, 1.165) is 0 Å². The molecule has 16 heavy (non-hydrogen) atoms. The number of urea groups is 1. The van der Waals surface area contributed by atoms with Gasteiger partial charge < -0.3 is 10.6 Å². The summed E-state index contributed by atoms with van der Waals surface area (Å²) in [6.45, 7) is -1.66. The molecule has 0 aromatic heterocycles. The molecule has 0 saturated heterocycles. The lowest BCUT2D eigenvalue weighted by atomic mass is 10.2. The molecule has 1 aliphatic carbocycles. The van der Waals surface area contributed by atoms with Crippen molar-refractivity contribution in [3.63, 3.8) is 0 Å². The highest BCUT2D eigenvalue weighted by molar-refractivity contribution is 5.75. The van der Waals surface area contributed by atoms with Gasteiger partial charge >= 0.3 is 18.4 Å². The van der Waals surface area contributed by atoms with Gasteiger partial charge in [-0.25, -0.2) is 4.79 Å². The number of carbonyl (C=O) groups excluding carboxylic acids is 1. The summed E-state index contributed by atoms with van der Waals surface area (Å²) >= 11 is 0. The number of amides is 2.